The van der Waals surface area contributed by atoms with Crippen LogP contribution < -0.4 is 10.2 Å². The monoisotopic (exact) mass is 295 g/mol. The van der Waals surface area contributed by atoms with Gasteiger partial charge in [0, 0.05) is 30.2 Å². The number of anilines is 3. The summed E-state index contributed by atoms with van der Waals surface area (Å²) in [6, 6.07) is 10.5. The van der Waals surface area contributed by atoms with E-state index < -0.39 is 0 Å². The molecule has 1 aromatic carbocycles. The van der Waals surface area contributed by atoms with Gasteiger partial charge in [-0.2, -0.15) is 0 Å². The van der Waals surface area contributed by atoms with Crippen molar-refractivity contribution in [3.63, 3.8) is 0 Å². The largest absolute Gasteiger partial charge is 0.372 e. The fourth-order valence-corrected chi connectivity index (χ4v) is 2.65. The Morgan fingerprint density at radius 3 is 2.50 bits per heavy atom. The standard InChI is InChI=1S/C17H21N5/c1-4-22(5-2)14-8-6-13(7-9-14)21-17-15-10-12(3)20-16(15)18-11-19-17/h6-11H,4-5H2,1-3H3,(H2,18,19,20,21). The van der Waals surface area contributed by atoms with E-state index in [1.54, 1.807) is 6.33 Å². The van der Waals surface area contributed by atoms with Crippen LogP contribution in [0, 0.1) is 6.92 Å². The Bertz CT molecular complexity index is 756. The van der Waals surface area contributed by atoms with Crippen molar-refractivity contribution in [3.05, 3.63) is 42.4 Å². The minimum absolute atomic E-state index is 0.824. The number of benzene rings is 1. The Morgan fingerprint density at radius 2 is 1.82 bits per heavy atom. The maximum atomic E-state index is 4.35. The van der Waals surface area contributed by atoms with Crippen LogP contribution in [0.5, 0.6) is 0 Å². The molecule has 0 aliphatic carbocycles. The third-order valence-electron chi connectivity index (χ3n) is 3.82. The van der Waals surface area contributed by atoms with Crippen molar-refractivity contribution in [3.8, 4) is 0 Å². The minimum Gasteiger partial charge on any atom is -0.372 e. The summed E-state index contributed by atoms with van der Waals surface area (Å²) in [5.74, 6) is 0.824. The van der Waals surface area contributed by atoms with Gasteiger partial charge in [0.25, 0.3) is 0 Å². The number of H-pyrrole nitrogens is 1. The van der Waals surface area contributed by atoms with Crippen LogP contribution in [0.2, 0.25) is 0 Å². The number of nitrogens with one attached hydrogen (secondary N) is 2. The molecule has 0 radical (unpaired) electrons. The molecule has 2 heterocycles. The lowest BCUT2D eigenvalue weighted by Gasteiger charge is -2.21. The van der Waals surface area contributed by atoms with Crippen molar-refractivity contribution in [2.75, 3.05) is 23.3 Å². The molecular weight excluding hydrogens is 274 g/mol. The lowest BCUT2D eigenvalue weighted by Crippen LogP contribution is -2.21. The van der Waals surface area contributed by atoms with Crippen molar-refractivity contribution in [1.29, 1.82) is 0 Å². The molecule has 0 atom stereocenters. The SMILES string of the molecule is CCN(CC)c1ccc(Nc2ncnc3[nH]c(C)cc23)cc1. The predicted octanol–water partition coefficient (Wildman–Crippen LogP) is 3.86. The van der Waals surface area contributed by atoms with Gasteiger partial charge in [-0.25, -0.2) is 9.97 Å². The summed E-state index contributed by atoms with van der Waals surface area (Å²) in [7, 11) is 0. The molecule has 22 heavy (non-hydrogen) atoms. The van der Waals surface area contributed by atoms with Gasteiger partial charge in [-0.3, -0.25) is 0 Å². The number of hydrogen-bond acceptors (Lipinski definition) is 4. The summed E-state index contributed by atoms with van der Waals surface area (Å²) >= 11 is 0. The zero-order chi connectivity index (χ0) is 15.5. The van der Waals surface area contributed by atoms with Gasteiger partial charge in [0.2, 0.25) is 0 Å². The Morgan fingerprint density at radius 1 is 1.09 bits per heavy atom. The third-order valence-corrected chi connectivity index (χ3v) is 3.82. The summed E-state index contributed by atoms with van der Waals surface area (Å²) in [6.07, 6.45) is 1.57. The normalized spacial score (nSPS) is 10.9. The summed E-state index contributed by atoms with van der Waals surface area (Å²) in [6.45, 7) is 8.38. The molecule has 2 aromatic heterocycles. The Kier molecular flexibility index (Phi) is 3.96. The maximum Gasteiger partial charge on any atom is 0.143 e. The van der Waals surface area contributed by atoms with Gasteiger partial charge >= 0.3 is 0 Å². The second-order valence-electron chi connectivity index (χ2n) is 5.28. The number of fused-ring (bicyclic) bond motifs is 1. The lowest BCUT2D eigenvalue weighted by atomic mass is 10.2. The molecular formula is C17H21N5. The molecule has 0 spiro atoms. The van der Waals surface area contributed by atoms with E-state index in [1.807, 2.05) is 6.92 Å². The number of aromatic nitrogens is 3. The van der Waals surface area contributed by atoms with E-state index >= 15 is 0 Å². The zero-order valence-corrected chi connectivity index (χ0v) is 13.2. The number of aromatic amines is 1. The van der Waals surface area contributed by atoms with Crippen LogP contribution in [0.1, 0.15) is 19.5 Å². The molecule has 2 N–H and O–H groups in total. The molecule has 0 saturated carbocycles. The molecule has 0 unspecified atom stereocenters. The van der Waals surface area contributed by atoms with E-state index in [9.17, 15) is 0 Å². The average molecular weight is 295 g/mol. The van der Waals surface area contributed by atoms with Crippen molar-refractivity contribution >= 4 is 28.2 Å². The Hall–Kier alpha value is -2.56. The molecule has 0 saturated heterocycles. The minimum atomic E-state index is 0.824. The number of rotatable bonds is 5. The molecule has 114 valence electrons. The highest BCUT2D eigenvalue weighted by Gasteiger charge is 2.07. The van der Waals surface area contributed by atoms with E-state index in [0.29, 0.717) is 0 Å². The molecule has 3 rings (SSSR count). The fraction of sp³-hybridized carbons (Fsp3) is 0.294. The van der Waals surface area contributed by atoms with Crippen LogP contribution >= 0.6 is 0 Å². The molecule has 0 bridgehead atoms. The van der Waals surface area contributed by atoms with Gasteiger partial charge in [-0.05, 0) is 51.1 Å². The number of nitrogens with zero attached hydrogens (tertiary/aromatic N) is 3. The molecule has 5 heteroatoms. The van der Waals surface area contributed by atoms with E-state index in [2.05, 4.69) is 69.3 Å². The summed E-state index contributed by atoms with van der Waals surface area (Å²) in [5.41, 5.74) is 4.20. The number of aryl methyl sites for hydroxylation is 1. The zero-order valence-electron chi connectivity index (χ0n) is 13.2. The predicted molar refractivity (Wildman–Crippen MR) is 91.9 cm³/mol. The van der Waals surface area contributed by atoms with Crippen LogP contribution in [0.15, 0.2) is 36.7 Å². The van der Waals surface area contributed by atoms with Crippen molar-refractivity contribution in [2.24, 2.45) is 0 Å². The highest BCUT2D eigenvalue weighted by Crippen LogP contribution is 2.25. The van der Waals surface area contributed by atoms with Crippen molar-refractivity contribution < 1.29 is 0 Å². The van der Waals surface area contributed by atoms with Crippen molar-refractivity contribution in [2.45, 2.75) is 20.8 Å². The molecule has 0 aliphatic rings. The van der Waals surface area contributed by atoms with Gasteiger partial charge in [0.1, 0.15) is 17.8 Å². The first kappa shape index (κ1) is 14.4. The van der Waals surface area contributed by atoms with E-state index in [4.69, 9.17) is 0 Å². The molecule has 0 fully saturated rings. The first-order chi connectivity index (χ1) is 10.7. The lowest BCUT2D eigenvalue weighted by molar-refractivity contribution is 0.866. The van der Waals surface area contributed by atoms with Gasteiger partial charge < -0.3 is 15.2 Å². The van der Waals surface area contributed by atoms with Gasteiger partial charge in [-0.15, -0.1) is 0 Å². The Balaban J connectivity index is 1.86. The second-order valence-corrected chi connectivity index (χ2v) is 5.28. The fourth-order valence-electron chi connectivity index (χ4n) is 2.65. The van der Waals surface area contributed by atoms with Crippen LogP contribution in [0.3, 0.4) is 0 Å². The molecule has 0 amide bonds. The van der Waals surface area contributed by atoms with Crippen LogP contribution in [0.4, 0.5) is 17.2 Å². The molecule has 3 aromatic rings. The van der Waals surface area contributed by atoms with E-state index in [1.165, 1.54) is 5.69 Å². The van der Waals surface area contributed by atoms with Crippen LogP contribution in [0.25, 0.3) is 11.0 Å². The average Bonchev–Trinajstić information content (AvgIpc) is 2.91. The quantitative estimate of drug-likeness (QED) is 0.750. The Labute approximate surface area is 130 Å². The summed E-state index contributed by atoms with van der Waals surface area (Å²) in [5, 5.41) is 4.38. The van der Waals surface area contributed by atoms with Crippen molar-refractivity contribution in [1.82, 2.24) is 15.0 Å². The smallest absolute Gasteiger partial charge is 0.143 e. The van der Waals surface area contributed by atoms with E-state index in [0.717, 1.165) is 41.3 Å². The maximum absolute atomic E-state index is 4.35. The van der Waals surface area contributed by atoms with Gasteiger partial charge in [-0.1, -0.05) is 0 Å². The number of hydrogen-bond donors (Lipinski definition) is 2. The first-order valence-corrected chi connectivity index (χ1v) is 7.63. The topological polar surface area (TPSA) is 56.8 Å². The highest BCUT2D eigenvalue weighted by atomic mass is 15.1. The third kappa shape index (κ3) is 2.74. The van der Waals surface area contributed by atoms with Crippen LogP contribution in [-0.2, 0) is 0 Å². The van der Waals surface area contributed by atoms with Gasteiger partial charge in [0.05, 0.1) is 5.39 Å². The summed E-state index contributed by atoms with van der Waals surface area (Å²) in [4.78, 5) is 14.2. The molecule has 0 aliphatic heterocycles. The van der Waals surface area contributed by atoms with E-state index in [-0.39, 0.29) is 0 Å². The van der Waals surface area contributed by atoms with Crippen LogP contribution in [-0.4, -0.2) is 28.0 Å². The van der Waals surface area contributed by atoms with Gasteiger partial charge in [0.15, 0.2) is 0 Å². The second kappa shape index (κ2) is 6.05. The highest BCUT2D eigenvalue weighted by molar-refractivity contribution is 5.89. The summed E-state index contributed by atoms with van der Waals surface area (Å²) < 4.78 is 0. The first-order valence-electron chi connectivity index (χ1n) is 7.63. The molecule has 5 nitrogen and oxygen atoms in total.